The van der Waals surface area contributed by atoms with Gasteiger partial charge in [0, 0.05) is 23.5 Å². The summed E-state index contributed by atoms with van der Waals surface area (Å²) in [6.07, 6.45) is 3.42. The summed E-state index contributed by atoms with van der Waals surface area (Å²) in [7, 11) is 0. The highest BCUT2D eigenvalue weighted by Crippen LogP contribution is 2.25. The number of carbonyl (C=O) groups excluding carboxylic acids is 2. The van der Waals surface area contributed by atoms with Crippen molar-refractivity contribution >= 4 is 34.3 Å². The van der Waals surface area contributed by atoms with E-state index in [4.69, 9.17) is 17.3 Å². The predicted octanol–water partition coefficient (Wildman–Crippen LogP) is 3.26. The first-order valence-corrected chi connectivity index (χ1v) is 12.1. The van der Waals surface area contributed by atoms with Gasteiger partial charge in [-0.25, -0.2) is 4.39 Å². The lowest BCUT2D eigenvalue weighted by Crippen LogP contribution is -2.48. The molecule has 0 spiro atoms. The zero-order chi connectivity index (χ0) is 24.9. The van der Waals surface area contributed by atoms with Gasteiger partial charge >= 0.3 is 0 Å². The third-order valence-electron chi connectivity index (χ3n) is 6.41. The zero-order valence-corrected chi connectivity index (χ0v) is 20.0. The van der Waals surface area contributed by atoms with E-state index in [1.54, 1.807) is 29.2 Å². The summed E-state index contributed by atoms with van der Waals surface area (Å²) < 4.78 is 15.7. The van der Waals surface area contributed by atoms with E-state index in [2.05, 4.69) is 10.4 Å². The molecule has 1 fully saturated rings. The molecule has 1 aliphatic carbocycles. The van der Waals surface area contributed by atoms with Gasteiger partial charge in [0.1, 0.15) is 24.3 Å². The van der Waals surface area contributed by atoms with Crippen LogP contribution >= 0.6 is 11.6 Å². The number of amides is 2. The third-order valence-corrected chi connectivity index (χ3v) is 6.70. The minimum atomic E-state index is -1.27. The van der Waals surface area contributed by atoms with Crippen LogP contribution < -0.4 is 11.1 Å². The Balaban J connectivity index is 1.50. The van der Waals surface area contributed by atoms with Gasteiger partial charge in [-0.2, -0.15) is 5.10 Å². The number of fused-ring (bicyclic) bond motifs is 1. The Kier molecular flexibility index (Phi) is 8.00. The molecule has 0 radical (unpaired) electrons. The van der Waals surface area contributed by atoms with Gasteiger partial charge in [0.25, 0.3) is 0 Å². The molecule has 0 aliphatic heterocycles. The van der Waals surface area contributed by atoms with Crippen molar-refractivity contribution in [3.8, 4) is 0 Å². The van der Waals surface area contributed by atoms with Crippen molar-refractivity contribution in [2.24, 2.45) is 5.73 Å². The maximum absolute atomic E-state index is 14.2. The van der Waals surface area contributed by atoms with Crippen LogP contribution in [0.15, 0.2) is 42.5 Å². The fourth-order valence-corrected chi connectivity index (χ4v) is 4.81. The third kappa shape index (κ3) is 5.80. The van der Waals surface area contributed by atoms with Crippen LogP contribution in [0.1, 0.15) is 49.6 Å². The molecule has 4 N–H and O–H groups in total. The van der Waals surface area contributed by atoms with Gasteiger partial charge in [-0.05, 0) is 25.0 Å². The number of halogens is 2. The average molecular weight is 502 g/mol. The Hall–Kier alpha value is -3.01. The lowest BCUT2D eigenvalue weighted by molar-refractivity contribution is -0.139. The normalized spacial score (nSPS) is 15.2. The highest BCUT2D eigenvalue weighted by molar-refractivity contribution is 6.30. The molecule has 1 heterocycles. The second-order valence-corrected chi connectivity index (χ2v) is 9.22. The number of aromatic nitrogens is 2. The highest BCUT2D eigenvalue weighted by atomic mass is 35.5. The Morgan fingerprint density at radius 2 is 1.94 bits per heavy atom. The van der Waals surface area contributed by atoms with Gasteiger partial charge in [0.05, 0.1) is 17.1 Å². The summed E-state index contributed by atoms with van der Waals surface area (Å²) in [4.78, 5) is 27.8. The fourth-order valence-electron chi connectivity index (χ4n) is 4.61. The summed E-state index contributed by atoms with van der Waals surface area (Å²) >= 11 is 5.82. The lowest BCUT2D eigenvalue weighted by atomic mass is 9.94. The van der Waals surface area contributed by atoms with E-state index in [1.807, 2.05) is 12.1 Å². The van der Waals surface area contributed by atoms with Gasteiger partial charge in [-0.1, -0.05) is 61.2 Å². The number of hydrogen-bond acceptors (Lipinski definition) is 5. The Morgan fingerprint density at radius 1 is 1.20 bits per heavy atom. The quantitative estimate of drug-likeness (QED) is 0.410. The van der Waals surface area contributed by atoms with Crippen LogP contribution in [0.2, 0.25) is 5.02 Å². The number of aliphatic hydroxyl groups excluding tert-OH is 1. The number of para-hydroxylation sites is 1. The summed E-state index contributed by atoms with van der Waals surface area (Å²) in [5.41, 5.74) is 6.90. The summed E-state index contributed by atoms with van der Waals surface area (Å²) in [6, 6.07) is 11.8. The molecule has 2 amide bonds. The van der Waals surface area contributed by atoms with Gasteiger partial charge in [-0.3, -0.25) is 14.3 Å². The van der Waals surface area contributed by atoms with Crippen molar-refractivity contribution in [2.75, 3.05) is 6.54 Å². The monoisotopic (exact) mass is 501 g/mol. The van der Waals surface area contributed by atoms with Gasteiger partial charge < -0.3 is 21.1 Å². The predicted molar refractivity (Wildman–Crippen MR) is 131 cm³/mol. The molecular weight excluding hydrogens is 473 g/mol. The van der Waals surface area contributed by atoms with Crippen molar-refractivity contribution in [2.45, 2.75) is 57.5 Å². The number of rotatable bonds is 8. The van der Waals surface area contributed by atoms with Crippen LogP contribution in [-0.4, -0.2) is 44.2 Å². The molecule has 4 rings (SSSR count). The average Bonchev–Trinajstić information content (AvgIpc) is 3.22. The van der Waals surface area contributed by atoms with Crippen LogP contribution in [0.3, 0.4) is 0 Å². The fraction of sp³-hybridized carbons (Fsp3) is 0.400. The smallest absolute Gasteiger partial charge is 0.245 e. The molecule has 1 aliphatic rings. The molecule has 0 saturated heterocycles. The molecule has 186 valence electrons. The number of nitrogens with one attached hydrogen (secondary N) is 1. The number of nitrogens with zero attached hydrogens (tertiary/aromatic N) is 3. The van der Waals surface area contributed by atoms with Crippen molar-refractivity contribution in [1.82, 2.24) is 20.0 Å². The van der Waals surface area contributed by atoms with Gasteiger partial charge in [-0.15, -0.1) is 0 Å². The molecular formula is C25H29ClFN5O3. The van der Waals surface area contributed by atoms with Crippen LogP contribution in [0.5, 0.6) is 0 Å². The maximum atomic E-state index is 14.2. The Bertz CT molecular complexity index is 1210. The van der Waals surface area contributed by atoms with E-state index in [-0.39, 0.29) is 48.1 Å². The Morgan fingerprint density at radius 3 is 2.69 bits per heavy atom. The standard InChI is InChI=1S/C25H29ClFN5O3/c26-19-11-6-7-16(23(19)27)13-29-21(33)14-31(17-8-2-1-3-9-17)22(34)15-32-20-12-5-4-10-18(20)24(30-32)25(28)35/h4-7,10-12,17,25,35H,1-3,8-9,13-15,28H2,(H,29,33). The molecule has 10 heteroatoms. The van der Waals surface area contributed by atoms with Gasteiger partial charge in [0.15, 0.2) is 0 Å². The van der Waals surface area contributed by atoms with E-state index in [0.717, 1.165) is 32.1 Å². The first kappa shape index (κ1) is 25.1. The van der Waals surface area contributed by atoms with E-state index in [9.17, 15) is 19.1 Å². The molecule has 1 saturated carbocycles. The number of benzene rings is 2. The first-order chi connectivity index (χ1) is 16.8. The maximum Gasteiger partial charge on any atom is 0.245 e. The SMILES string of the molecule is NC(O)c1nn(CC(=O)N(CC(=O)NCc2cccc(Cl)c2F)C2CCCCC2)c2ccccc12. The molecule has 3 aromatic rings. The van der Waals surface area contributed by atoms with Crippen LogP contribution in [0, 0.1) is 5.82 Å². The molecule has 0 bridgehead atoms. The van der Waals surface area contributed by atoms with E-state index < -0.39 is 12.0 Å². The van der Waals surface area contributed by atoms with Crippen molar-refractivity contribution in [3.63, 3.8) is 0 Å². The largest absolute Gasteiger partial charge is 0.373 e. The number of nitrogens with two attached hydrogens (primary N) is 1. The molecule has 2 aromatic carbocycles. The molecule has 35 heavy (non-hydrogen) atoms. The van der Waals surface area contributed by atoms with Crippen molar-refractivity contribution in [1.29, 1.82) is 0 Å². The van der Waals surface area contributed by atoms with Crippen molar-refractivity contribution < 1.29 is 19.1 Å². The molecule has 1 unspecified atom stereocenters. The highest BCUT2D eigenvalue weighted by Gasteiger charge is 2.28. The summed E-state index contributed by atoms with van der Waals surface area (Å²) in [5, 5.41) is 17.6. The second-order valence-electron chi connectivity index (χ2n) is 8.81. The van der Waals surface area contributed by atoms with E-state index >= 15 is 0 Å². The molecule has 1 aromatic heterocycles. The zero-order valence-electron chi connectivity index (χ0n) is 19.3. The summed E-state index contributed by atoms with van der Waals surface area (Å²) in [6.45, 7) is -0.267. The second kappa shape index (κ2) is 11.2. The minimum Gasteiger partial charge on any atom is -0.373 e. The lowest BCUT2D eigenvalue weighted by Gasteiger charge is -2.34. The van der Waals surface area contributed by atoms with Crippen LogP contribution in [0.25, 0.3) is 10.9 Å². The number of carbonyl (C=O) groups is 2. The van der Waals surface area contributed by atoms with Crippen LogP contribution in [0.4, 0.5) is 4.39 Å². The first-order valence-electron chi connectivity index (χ1n) is 11.7. The summed E-state index contributed by atoms with van der Waals surface area (Å²) in [5.74, 6) is -1.21. The number of aliphatic hydroxyl groups is 1. The molecule has 1 atom stereocenters. The minimum absolute atomic E-state index is 0.0100. The van der Waals surface area contributed by atoms with Crippen molar-refractivity contribution in [3.05, 3.63) is 64.6 Å². The van der Waals surface area contributed by atoms with E-state index in [1.165, 1.54) is 10.7 Å². The number of hydrogen-bond donors (Lipinski definition) is 3. The van der Waals surface area contributed by atoms with Crippen LogP contribution in [-0.2, 0) is 22.7 Å². The Labute approximate surface area is 207 Å². The topological polar surface area (TPSA) is 113 Å². The molecule has 8 nitrogen and oxygen atoms in total. The van der Waals surface area contributed by atoms with E-state index in [0.29, 0.717) is 16.6 Å². The van der Waals surface area contributed by atoms with Gasteiger partial charge in [0.2, 0.25) is 11.8 Å².